The molecule has 29 heavy (non-hydrogen) atoms. The van der Waals surface area contributed by atoms with Gasteiger partial charge in [-0.25, -0.2) is 0 Å². The average Bonchev–Trinajstić information content (AvgIpc) is 3.20. The van der Waals surface area contributed by atoms with Crippen LogP contribution in [0.1, 0.15) is 36.4 Å². The summed E-state index contributed by atoms with van der Waals surface area (Å²) in [6.45, 7) is 0.416. The molecule has 152 valence electrons. The summed E-state index contributed by atoms with van der Waals surface area (Å²) in [5, 5.41) is 3.01. The molecule has 0 aromatic heterocycles. The maximum Gasteiger partial charge on any atom is 0.247 e. The van der Waals surface area contributed by atoms with Gasteiger partial charge in [0.05, 0.1) is 20.1 Å². The highest BCUT2D eigenvalue weighted by molar-refractivity contribution is 5.94. The van der Waals surface area contributed by atoms with Gasteiger partial charge >= 0.3 is 0 Å². The molecule has 0 spiro atoms. The first-order chi connectivity index (χ1) is 14.1. The van der Waals surface area contributed by atoms with Crippen molar-refractivity contribution >= 4 is 11.8 Å². The third-order valence-electron chi connectivity index (χ3n) is 5.97. The van der Waals surface area contributed by atoms with Crippen molar-refractivity contribution in [1.29, 1.82) is 0 Å². The summed E-state index contributed by atoms with van der Waals surface area (Å²) in [6.07, 6.45) is 2.90. The van der Waals surface area contributed by atoms with Gasteiger partial charge in [0.15, 0.2) is 11.5 Å². The van der Waals surface area contributed by atoms with E-state index in [1.807, 2.05) is 36.4 Å². The van der Waals surface area contributed by atoms with Crippen molar-refractivity contribution in [1.82, 2.24) is 10.2 Å². The molecule has 3 atom stereocenters. The number of fused-ring (bicyclic) bond motifs is 1. The Morgan fingerprint density at radius 3 is 2.59 bits per heavy atom. The summed E-state index contributed by atoms with van der Waals surface area (Å²) >= 11 is 0. The molecule has 6 nitrogen and oxygen atoms in total. The Hall–Kier alpha value is -3.02. The molecule has 2 aliphatic rings. The highest BCUT2D eigenvalue weighted by atomic mass is 16.5. The SMILES string of the molecule is COc1ccc(C(C(=O)NCc2ccccc2)N2C(=O)[C@@H]3CCC[C@@H]32)cc1OC. The van der Waals surface area contributed by atoms with Crippen LogP contribution in [0, 0.1) is 5.92 Å². The van der Waals surface area contributed by atoms with Gasteiger partial charge in [-0.3, -0.25) is 9.59 Å². The number of hydrogen-bond acceptors (Lipinski definition) is 4. The van der Waals surface area contributed by atoms with E-state index in [2.05, 4.69) is 5.32 Å². The van der Waals surface area contributed by atoms with Crippen LogP contribution in [0.5, 0.6) is 11.5 Å². The minimum Gasteiger partial charge on any atom is -0.493 e. The molecule has 2 aromatic rings. The Kier molecular flexibility index (Phi) is 5.43. The molecule has 0 radical (unpaired) electrons. The van der Waals surface area contributed by atoms with E-state index in [1.165, 1.54) is 0 Å². The number of nitrogens with one attached hydrogen (secondary N) is 1. The third-order valence-corrected chi connectivity index (χ3v) is 5.97. The number of nitrogens with zero attached hydrogens (tertiary/aromatic N) is 1. The first kappa shape index (κ1) is 19.3. The number of methoxy groups -OCH3 is 2. The van der Waals surface area contributed by atoms with Crippen molar-refractivity contribution in [3.05, 3.63) is 59.7 Å². The molecule has 2 amide bonds. The van der Waals surface area contributed by atoms with Crippen molar-refractivity contribution in [3.8, 4) is 11.5 Å². The summed E-state index contributed by atoms with van der Waals surface area (Å²) < 4.78 is 10.7. The second-order valence-electron chi connectivity index (χ2n) is 7.57. The number of likely N-dealkylation sites (tertiary alicyclic amines) is 1. The molecule has 6 heteroatoms. The van der Waals surface area contributed by atoms with Gasteiger partial charge in [0.25, 0.3) is 0 Å². The van der Waals surface area contributed by atoms with E-state index in [9.17, 15) is 9.59 Å². The van der Waals surface area contributed by atoms with Crippen molar-refractivity contribution in [3.63, 3.8) is 0 Å². The van der Waals surface area contributed by atoms with E-state index in [0.29, 0.717) is 18.0 Å². The number of rotatable bonds is 7. The smallest absolute Gasteiger partial charge is 0.247 e. The minimum atomic E-state index is -0.676. The van der Waals surface area contributed by atoms with Crippen LogP contribution in [0.3, 0.4) is 0 Å². The molecule has 1 unspecified atom stereocenters. The van der Waals surface area contributed by atoms with Crippen LogP contribution in [0.15, 0.2) is 48.5 Å². The summed E-state index contributed by atoms with van der Waals surface area (Å²) in [5.41, 5.74) is 1.74. The Morgan fingerprint density at radius 2 is 1.86 bits per heavy atom. The molecule has 2 aromatic carbocycles. The van der Waals surface area contributed by atoms with Crippen LogP contribution in [0.2, 0.25) is 0 Å². The fourth-order valence-electron chi connectivity index (χ4n) is 4.50. The van der Waals surface area contributed by atoms with Gasteiger partial charge in [-0.2, -0.15) is 0 Å². The average molecular weight is 394 g/mol. The lowest BCUT2D eigenvalue weighted by molar-refractivity contribution is -0.162. The van der Waals surface area contributed by atoms with Gasteiger partial charge in [0, 0.05) is 12.6 Å². The molecule has 0 bridgehead atoms. The molecule has 1 N–H and O–H groups in total. The Labute approximate surface area is 170 Å². The summed E-state index contributed by atoms with van der Waals surface area (Å²) in [5.74, 6) is 1.09. The number of carbonyl (C=O) groups excluding carboxylic acids is 2. The molecule has 1 aliphatic carbocycles. The van der Waals surface area contributed by atoms with E-state index in [-0.39, 0.29) is 23.8 Å². The largest absolute Gasteiger partial charge is 0.493 e. The summed E-state index contributed by atoms with van der Waals surface area (Å²) in [6, 6.07) is 14.6. The maximum atomic E-state index is 13.3. The number of ether oxygens (including phenoxy) is 2. The standard InChI is InChI=1S/C23H26N2O4/c1-28-19-12-11-16(13-20(19)29-2)21(25-18-10-6-9-17(18)23(25)27)22(26)24-14-15-7-4-3-5-8-15/h3-5,7-8,11-13,17-18,21H,6,9-10,14H2,1-2H3,(H,24,26)/t17-,18+,21?/m1/s1. The Bertz CT molecular complexity index is 899. The zero-order valence-electron chi connectivity index (χ0n) is 16.8. The number of amides is 2. The molecule has 1 aliphatic heterocycles. The van der Waals surface area contributed by atoms with Crippen LogP contribution in [0.25, 0.3) is 0 Å². The van der Waals surface area contributed by atoms with Crippen molar-refractivity contribution in [2.75, 3.05) is 14.2 Å². The Balaban J connectivity index is 1.62. The monoisotopic (exact) mass is 394 g/mol. The van der Waals surface area contributed by atoms with Crippen molar-refractivity contribution in [2.24, 2.45) is 5.92 Å². The van der Waals surface area contributed by atoms with Gasteiger partial charge in [-0.1, -0.05) is 42.8 Å². The first-order valence-corrected chi connectivity index (χ1v) is 9.99. The second-order valence-corrected chi connectivity index (χ2v) is 7.57. The van der Waals surface area contributed by atoms with Crippen molar-refractivity contribution < 1.29 is 19.1 Å². The van der Waals surface area contributed by atoms with Crippen LogP contribution in [-0.4, -0.2) is 37.0 Å². The van der Waals surface area contributed by atoms with E-state index >= 15 is 0 Å². The fourth-order valence-corrected chi connectivity index (χ4v) is 4.50. The predicted octanol–water partition coefficient (Wildman–Crippen LogP) is 3.07. The predicted molar refractivity (Wildman–Crippen MR) is 109 cm³/mol. The molecule has 1 heterocycles. The van der Waals surface area contributed by atoms with Gasteiger partial charge in [-0.05, 0) is 36.1 Å². The number of hydrogen-bond donors (Lipinski definition) is 1. The van der Waals surface area contributed by atoms with E-state index in [1.54, 1.807) is 31.3 Å². The first-order valence-electron chi connectivity index (χ1n) is 9.99. The Morgan fingerprint density at radius 1 is 1.10 bits per heavy atom. The van der Waals surface area contributed by atoms with Gasteiger partial charge in [0.2, 0.25) is 11.8 Å². The zero-order chi connectivity index (χ0) is 20.4. The topological polar surface area (TPSA) is 67.9 Å². The quantitative estimate of drug-likeness (QED) is 0.733. The lowest BCUT2D eigenvalue weighted by atomic mass is 9.86. The zero-order valence-corrected chi connectivity index (χ0v) is 16.8. The van der Waals surface area contributed by atoms with Crippen LogP contribution >= 0.6 is 0 Å². The second kappa shape index (κ2) is 8.15. The molecule has 2 fully saturated rings. The number of benzene rings is 2. The van der Waals surface area contributed by atoms with Crippen LogP contribution in [0.4, 0.5) is 0 Å². The normalized spacial score (nSPS) is 21.2. The molecule has 1 saturated carbocycles. The molecule has 4 rings (SSSR count). The highest BCUT2D eigenvalue weighted by Gasteiger charge is 2.54. The fraction of sp³-hybridized carbons (Fsp3) is 0.391. The maximum absolute atomic E-state index is 13.3. The summed E-state index contributed by atoms with van der Waals surface area (Å²) in [4.78, 5) is 27.8. The van der Waals surface area contributed by atoms with Crippen molar-refractivity contribution in [2.45, 2.75) is 37.9 Å². The van der Waals surface area contributed by atoms with E-state index < -0.39 is 6.04 Å². The van der Waals surface area contributed by atoms with Crippen LogP contribution < -0.4 is 14.8 Å². The van der Waals surface area contributed by atoms with E-state index in [4.69, 9.17) is 9.47 Å². The molecule has 1 saturated heterocycles. The van der Waals surface area contributed by atoms with Gasteiger partial charge in [0.1, 0.15) is 6.04 Å². The van der Waals surface area contributed by atoms with Gasteiger partial charge < -0.3 is 19.7 Å². The van der Waals surface area contributed by atoms with Crippen LogP contribution in [-0.2, 0) is 16.1 Å². The number of β-lactam (4-membered cyclic amide) rings is 1. The van der Waals surface area contributed by atoms with E-state index in [0.717, 1.165) is 30.4 Å². The number of carbonyl (C=O) groups is 2. The summed E-state index contributed by atoms with van der Waals surface area (Å²) in [7, 11) is 3.14. The van der Waals surface area contributed by atoms with Gasteiger partial charge in [-0.15, -0.1) is 0 Å². The lowest BCUT2D eigenvalue weighted by Crippen LogP contribution is -2.61. The highest BCUT2D eigenvalue weighted by Crippen LogP contribution is 2.45. The molecular weight excluding hydrogens is 368 g/mol. The minimum absolute atomic E-state index is 0.0690. The third kappa shape index (κ3) is 3.55. The molecular formula is C23H26N2O4. The lowest BCUT2D eigenvalue weighted by Gasteiger charge is -2.47.